The van der Waals surface area contributed by atoms with Gasteiger partial charge >= 0.3 is 5.97 Å². The van der Waals surface area contributed by atoms with Crippen molar-refractivity contribution in [2.45, 2.75) is 6.92 Å². The topological polar surface area (TPSA) is 64.3 Å². The van der Waals surface area contributed by atoms with Gasteiger partial charge in [0.15, 0.2) is 0 Å². The van der Waals surface area contributed by atoms with Gasteiger partial charge in [0.1, 0.15) is 10.7 Å². The van der Waals surface area contributed by atoms with E-state index in [0.29, 0.717) is 32.9 Å². The summed E-state index contributed by atoms with van der Waals surface area (Å²) in [5.41, 5.74) is 6.60. The number of anilines is 2. The molecule has 0 aliphatic heterocycles. The minimum absolute atomic E-state index is 0.306. The van der Waals surface area contributed by atoms with Gasteiger partial charge in [-0.2, -0.15) is 0 Å². The molecule has 0 amide bonds. The number of ether oxygens (including phenoxy) is 1. The highest BCUT2D eigenvalue weighted by Gasteiger charge is 2.18. The number of rotatable bonds is 3. The molecule has 96 valence electrons. The molecule has 4 nitrogen and oxygen atoms in total. The second-order valence-electron chi connectivity index (χ2n) is 3.69. The molecule has 0 aliphatic carbocycles. The Morgan fingerprint density at radius 1 is 1.56 bits per heavy atom. The Balaban J connectivity index is 2.62. The molecule has 1 heterocycles. The highest BCUT2D eigenvalue weighted by Crippen LogP contribution is 2.36. The van der Waals surface area contributed by atoms with Gasteiger partial charge in [0, 0.05) is 16.6 Å². The lowest BCUT2D eigenvalue weighted by Crippen LogP contribution is -2.02. The second kappa shape index (κ2) is 4.81. The van der Waals surface area contributed by atoms with Crippen LogP contribution in [0.1, 0.15) is 16.6 Å². The first kappa shape index (κ1) is 12.6. The molecule has 2 aromatic rings. The Bertz CT molecular complexity index is 610. The zero-order valence-corrected chi connectivity index (χ0v) is 10.9. The van der Waals surface area contributed by atoms with Crippen molar-refractivity contribution < 1.29 is 13.9 Å². The van der Waals surface area contributed by atoms with Crippen LogP contribution >= 0.6 is 11.3 Å². The van der Waals surface area contributed by atoms with Crippen molar-refractivity contribution >= 4 is 38.8 Å². The van der Waals surface area contributed by atoms with E-state index in [1.165, 1.54) is 13.2 Å². The summed E-state index contributed by atoms with van der Waals surface area (Å²) in [7, 11) is 1.29. The molecule has 0 atom stereocenters. The minimum atomic E-state index is -0.501. The summed E-state index contributed by atoms with van der Waals surface area (Å²) in [5, 5.41) is 3.57. The SMILES string of the molecule is CCNc1cc2c(N)c(C(=O)OC)sc2cc1F. The number of thiophene rings is 1. The fourth-order valence-corrected chi connectivity index (χ4v) is 2.76. The largest absolute Gasteiger partial charge is 0.465 e. The third kappa shape index (κ3) is 1.99. The predicted octanol–water partition coefficient (Wildman–Crippen LogP) is 2.84. The molecular formula is C12H13FN2O2S. The summed E-state index contributed by atoms with van der Waals surface area (Å²) in [6.07, 6.45) is 0. The third-order valence-corrected chi connectivity index (χ3v) is 3.70. The minimum Gasteiger partial charge on any atom is -0.465 e. The molecule has 0 bridgehead atoms. The fraction of sp³-hybridized carbons (Fsp3) is 0.250. The summed E-state index contributed by atoms with van der Waals surface area (Å²) in [6, 6.07) is 2.99. The smallest absolute Gasteiger partial charge is 0.350 e. The Hall–Kier alpha value is -1.82. The molecule has 0 saturated heterocycles. The molecule has 0 unspecified atom stereocenters. The molecule has 1 aromatic heterocycles. The maximum atomic E-state index is 13.7. The Morgan fingerprint density at radius 3 is 2.89 bits per heavy atom. The van der Waals surface area contributed by atoms with Crippen molar-refractivity contribution in [3.8, 4) is 0 Å². The van der Waals surface area contributed by atoms with E-state index < -0.39 is 5.97 Å². The Labute approximate surface area is 108 Å². The van der Waals surface area contributed by atoms with E-state index in [1.54, 1.807) is 6.07 Å². The van der Waals surface area contributed by atoms with Crippen LogP contribution in [0.3, 0.4) is 0 Å². The lowest BCUT2D eigenvalue weighted by Gasteiger charge is -2.05. The number of carbonyl (C=O) groups excluding carboxylic acids is 1. The number of fused-ring (bicyclic) bond motifs is 1. The zero-order valence-electron chi connectivity index (χ0n) is 10.0. The first-order chi connectivity index (χ1) is 8.58. The summed E-state index contributed by atoms with van der Waals surface area (Å²) in [4.78, 5) is 11.8. The molecule has 0 aliphatic rings. The second-order valence-corrected chi connectivity index (χ2v) is 4.75. The van der Waals surface area contributed by atoms with Crippen molar-refractivity contribution in [2.75, 3.05) is 24.7 Å². The average Bonchev–Trinajstić information content (AvgIpc) is 2.66. The number of benzene rings is 1. The van der Waals surface area contributed by atoms with Gasteiger partial charge in [-0.15, -0.1) is 11.3 Å². The third-order valence-electron chi connectivity index (χ3n) is 2.55. The van der Waals surface area contributed by atoms with Gasteiger partial charge in [-0.05, 0) is 19.1 Å². The molecule has 0 fully saturated rings. The van der Waals surface area contributed by atoms with Crippen molar-refractivity contribution in [3.63, 3.8) is 0 Å². The lowest BCUT2D eigenvalue weighted by molar-refractivity contribution is 0.0607. The Kier molecular flexibility index (Phi) is 3.38. The molecule has 18 heavy (non-hydrogen) atoms. The molecule has 0 radical (unpaired) electrons. The van der Waals surface area contributed by atoms with Gasteiger partial charge < -0.3 is 15.8 Å². The van der Waals surface area contributed by atoms with Gasteiger partial charge in [0.05, 0.1) is 18.5 Å². The van der Waals surface area contributed by atoms with Crippen LogP contribution in [-0.2, 0) is 4.74 Å². The zero-order chi connectivity index (χ0) is 13.3. The van der Waals surface area contributed by atoms with Crippen LogP contribution in [0.2, 0.25) is 0 Å². The molecule has 0 spiro atoms. The van der Waals surface area contributed by atoms with Gasteiger partial charge in [0.2, 0.25) is 0 Å². The fourth-order valence-electron chi connectivity index (χ4n) is 1.71. The standard InChI is InChI=1S/C12H13FN2O2S/c1-3-15-8-4-6-9(5-7(8)13)18-11(10(6)14)12(16)17-2/h4-5,15H,3,14H2,1-2H3. The number of hydrogen-bond acceptors (Lipinski definition) is 5. The van der Waals surface area contributed by atoms with E-state index in [9.17, 15) is 9.18 Å². The van der Waals surface area contributed by atoms with Crippen LogP contribution in [0, 0.1) is 5.82 Å². The number of hydrogen-bond donors (Lipinski definition) is 2. The summed E-state index contributed by atoms with van der Waals surface area (Å²) >= 11 is 1.13. The number of halogens is 1. The van der Waals surface area contributed by atoms with Crippen LogP contribution in [0.5, 0.6) is 0 Å². The molecule has 6 heteroatoms. The lowest BCUT2D eigenvalue weighted by atomic mass is 10.2. The summed E-state index contributed by atoms with van der Waals surface area (Å²) < 4.78 is 19.0. The number of nitrogens with two attached hydrogens (primary N) is 1. The Morgan fingerprint density at radius 2 is 2.28 bits per heavy atom. The van der Waals surface area contributed by atoms with E-state index in [4.69, 9.17) is 5.73 Å². The first-order valence-corrected chi connectivity index (χ1v) is 6.23. The van der Waals surface area contributed by atoms with E-state index in [1.807, 2.05) is 6.92 Å². The van der Waals surface area contributed by atoms with Gasteiger partial charge in [-0.3, -0.25) is 0 Å². The van der Waals surface area contributed by atoms with Crippen molar-refractivity contribution in [1.29, 1.82) is 0 Å². The maximum absolute atomic E-state index is 13.7. The van der Waals surface area contributed by atoms with Crippen LogP contribution in [0.4, 0.5) is 15.8 Å². The molecule has 0 saturated carbocycles. The maximum Gasteiger partial charge on any atom is 0.350 e. The van der Waals surface area contributed by atoms with Crippen LogP contribution in [0.25, 0.3) is 10.1 Å². The first-order valence-electron chi connectivity index (χ1n) is 5.42. The van der Waals surface area contributed by atoms with E-state index in [0.717, 1.165) is 11.3 Å². The summed E-state index contributed by atoms with van der Waals surface area (Å²) in [5.74, 6) is -0.860. The molecule has 3 N–H and O–H groups in total. The summed E-state index contributed by atoms with van der Waals surface area (Å²) in [6.45, 7) is 2.48. The van der Waals surface area contributed by atoms with Crippen LogP contribution < -0.4 is 11.1 Å². The number of esters is 1. The van der Waals surface area contributed by atoms with Crippen LogP contribution in [-0.4, -0.2) is 19.6 Å². The van der Waals surface area contributed by atoms with Gasteiger partial charge in [-0.1, -0.05) is 0 Å². The molecule has 1 aromatic carbocycles. The van der Waals surface area contributed by atoms with Crippen molar-refractivity contribution in [1.82, 2.24) is 0 Å². The number of carbonyl (C=O) groups is 1. The van der Waals surface area contributed by atoms with E-state index in [2.05, 4.69) is 10.1 Å². The van der Waals surface area contributed by atoms with Crippen molar-refractivity contribution in [2.24, 2.45) is 0 Å². The van der Waals surface area contributed by atoms with E-state index >= 15 is 0 Å². The quantitative estimate of drug-likeness (QED) is 0.840. The highest BCUT2D eigenvalue weighted by molar-refractivity contribution is 7.21. The van der Waals surface area contributed by atoms with Gasteiger partial charge in [0.25, 0.3) is 0 Å². The number of methoxy groups -OCH3 is 1. The molecular weight excluding hydrogens is 255 g/mol. The monoisotopic (exact) mass is 268 g/mol. The van der Waals surface area contributed by atoms with Crippen LogP contribution in [0.15, 0.2) is 12.1 Å². The number of nitrogen functional groups attached to an aromatic ring is 1. The van der Waals surface area contributed by atoms with Crippen molar-refractivity contribution in [3.05, 3.63) is 22.8 Å². The normalized spacial score (nSPS) is 10.6. The molecule has 2 rings (SSSR count). The van der Waals surface area contributed by atoms with E-state index in [-0.39, 0.29) is 5.82 Å². The highest BCUT2D eigenvalue weighted by atomic mass is 32.1. The predicted molar refractivity (Wildman–Crippen MR) is 71.7 cm³/mol. The average molecular weight is 268 g/mol. The van der Waals surface area contributed by atoms with Gasteiger partial charge in [-0.25, -0.2) is 9.18 Å². The number of nitrogens with one attached hydrogen (secondary N) is 1.